The van der Waals surface area contributed by atoms with E-state index in [-0.39, 0.29) is 22.0 Å². The number of aliphatic carboxylic acids is 1. The van der Waals surface area contributed by atoms with Crippen LogP contribution in [0.5, 0.6) is 0 Å². The van der Waals surface area contributed by atoms with Crippen LogP contribution in [-0.4, -0.2) is 29.8 Å². The van der Waals surface area contributed by atoms with Gasteiger partial charge in [-0.1, -0.05) is 0 Å². The van der Waals surface area contributed by atoms with Crippen molar-refractivity contribution in [2.24, 2.45) is 0 Å². The molecule has 0 spiro atoms. The molecule has 1 fully saturated rings. The van der Waals surface area contributed by atoms with E-state index in [4.69, 9.17) is 14.6 Å². The average Bonchev–Trinajstić information content (AvgIpc) is 2.11. The molecule has 5 heteroatoms. The fraction of sp³-hybridized carbons (Fsp3) is 0.833. The molecule has 0 unspecified atom stereocenters. The van der Waals surface area contributed by atoms with E-state index in [1.807, 2.05) is 0 Å². The summed E-state index contributed by atoms with van der Waals surface area (Å²) in [6, 6.07) is 0. The van der Waals surface area contributed by atoms with Crippen LogP contribution in [0, 0.1) is 0 Å². The summed E-state index contributed by atoms with van der Waals surface area (Å²) in [5, 5.41) is 7.42. The molecule has 0 bridgehead atoms. The van der Waals surface area contributed by atoms with E-state index in [1.54, 1.807) is 0 Å². The Morgan fingerprint density at radius 3 is 1.73 bits per heavy atom. The molecule has 4 nitrogen and oxygen atoms in total. The number of carboxylic acid groups (broad SMARTS) is 1. The van der Waals surface area contributed by atoms with Crippen LogP contribution in [0.3, 0.4) is 0 Å². The molecule has 1 aliphatic heterocycles. The molecule has 0 aliphatic carbocycles. The van der Waals surface area contributed by atoms with Crippen LogP contribution in [0.15, 0.2) is 0 Å². The minimum absolute atomic E-state index is 0. The standard InChI is InChI=1S/C4H8O.C2H4O2.Ni.H2O/c1-2-4-5-3-1;1-2(3)4;;/h1-4H2;1H3,(H,3,4);;1H2. The summed E-state index contributed by atoms with van der Waals surface area (Å²) in [5.41, 5.74) is 0. The van der Waals surface area contributed by atoms with E-state index < -0.39 is 5.97 Å². The third-order valence-electron chi connectivity index (χ3n) is 0.827. The maximum absolute atomic E-state index is 9.00. The molecular weight excluding hydrogens is 195 g/mol. The summed E-state index contributed by atoms with van der Waals surface area (Å²) >= 11 is 0. The van der Waals surface area contributed by atoms with Gasteiger partial charge in [-0.3, -0.25) is 4.79 Å². The van der Waals surface area contributed by atoms with Gasteiger partial charge < -0.3 is 15.3 Å². The Bertz CT molecular complexity index is 71.0. The van der Waals surface area contributed by atoms with E-state index in [0.717, 1.165) is 20.1 Å². The Kier molecular flexibility index (Phi) is 19.5. The smallest absolute Gasteiger partial charge is 0.300 e. The van der Waals surface area contributed by atoms with Crippen LogP contribution >= 0.6 is 0 Å². The molecule has 1 aliphatic rings. The van der Waals surface area contributed by atoms with Crippen LogP contribution in [0.25, 0.3) is 0 Å². The van der Waals surface area contributed by atoms with Gasteiger partial charge >= 0.3 is 0 Å². The molecule has 0 amide bonds. The second kappa shape index (κ2) is 12.5. The normalized spacial score (nSPS) is 13.2. The van der Waals surface area contributed by atoms with Crippen molar-refractivity contribution in [1.82, 2.24) is 0 Å². The quantitative estimate of drug-likeness (QED) is 0.572. The maximum Gasteiger partial charge on any atom is 0.300 e. The monoisotopic (exact) mass is 208 g/mol. The molecule has 0 aromatic rings. The second-order valence-corrected chi connectivity index (χ2v) is 1.84. The molecule has 11 heavy (non-hydrogen) atoms. The van der Waals surface area contributed by atoms with E-state index >= 15 is 0 Å². The van der Waals surface area contributed by atoms with Crippen molar-refractivity contribution in [1.29, 1.82) is 0 Å². The summed E-state index contributed by atoms with van der Waals surface area (Å²) in [7, 11) is 0. The first kappa shape index (κ1) is 17.1. The maximum atomic E-state index is 9.00. The van der Waals surface area contributed by atoms with Crippen molar-refractivity contribution in [2.45, 2.75) is 19.8 Å². The van der Waals surface area contributed by atoms with Crippen LogP contribution in [0.2, 0.25) is 0 Å². The van der Waals surface area contributed by atoms with Gasteiger partial charge in [0.05, 0.1) is 0 Å². The zero-order valence-corrected chi connectivity index (χ0v) is 7.40. The predicted octanol–water partition coefficient (Wildman–Crippen LogP) is 0.0605. The van der Waals surface area contributed by atoms with Gasteiger partial charge in [-0.25, -0.2) is 0 Å². The van der Waals surface area contributed by atoms with Crippen molar-refractivity contribution in [3.05, 3.63) is 0 Å². The molecule has 0 aromatic heterocycles. The van der Waals surface area contributed by atoms with Crippen molar-refractivity contribution >= 4 is 5.97 Å². The number of rotatable bonds is 0. The van der Waals surface area contributed by atoms with Crippen molar-refractivity contribution < 1.29 is 36.6 Å². The predicted molar refractivity (Wildman–Crippen MR) is 37.0 cm³/mol. The number of ether oxygens (including phenoxy) is 1. The van der Waals surface area contributed by atoms with E-state index in [2.05, 4.69) is 0 Å². The summed E-state index contributed by atoms with van der Waals surface area (Å²) in [6.07, 6.45) is 2.56. The molecule has 1 heterocycles. The first-order valence-corrected chi connectivity index (χ1v) is 3.01. The second-order valence-electron chi connectivity index (χ2n) is 1.84. The summed E-state index contributed by atoms with van der Waals surface area (Å²) in [5.74, 6) is -0.833. The van der Waals surface area contributed by atoms with Crippen LogP contribution in [-0.2, 0) is 26.0 Å². The zero-order chi connectivity index (χ0) is 7.11. The average molecular weight is 209 g/mol. The van der Waals surface area contributed by atoms with Gasteiger partial charge in [-0.05, 0) is 12.8 Å². The first-order valence-electron chi connectivity index (χ1n) is 3.01. The third kappa shape index (κ3) is 25.8. The van der Waals surface area contributed by atoms with Crippen molar-refractivity contribution in [3.63, 3.8) is 0 Å². The fourth-order valence-electron chi connectivity index (χ4n) is 0.510. The third-order valence-corrected chi connectivity index (χ3v) is 0.827. The molecule has 0 aromatic carbocycles. The SMILES string of the molecule is C1CCOC1.CC(=O)O.O.[Ni]. The molecule has 0 saturated carbocycles. The number of hydrogen-bond acceptors (Lipinski definition) is 2. The molecule has 72 valence electrons. The molecule has 1 saturated heterocycles. The minimum atomic E-state index is -0.833. The Hall–Kier alpha value is -0.116. The van der Waals surface area contributed by atoms with E-state index in [1.165, 1.54) is 12.8 Å². The van der Waals surface area contributed by atoms with Gasteiger partial charge in [-0.15, -0.1) is 0 Å². The van der Waals surface area contributed by atoms with Gasteiger partial charge in [0.1, 0.15) is 0 Å². The fourth-order valence-corrected chi connectivity index (χ4v) is 0.510. The van der Waals surface area contributed by atoms with Crippen molar-refractivity contribution in [3.8, 4) is 0 Å². The number of carbonyl (C=O) groups is 1. The number of carboxylic acids is 1. The van der Waals surface area contributed by atoms with Gasteiger partial charge in [0.15, 0.2) is 0 Å². The van der Waals surface area contributed by atoms with Crippen LogP contribution in [0.1, 0.15) is 19.8 Å². The molecule has 0 radical (unpaired) electrons. The summed E-state index contributed by atoms with van der Waals surface area (Å²) in [4.78, 5) is 9.00. The van der Waals surface area contributed by atoms with Crippen LogP contribution < -0.4 is 0 Å². The first-order chi connectivity index (χ1) is 4.23. The minimum Gasteiger partial charge on any atom is -0.481 e. The number of hydrogen-bond donors (Lipinski definition) is 1. The molecule has 3 N–H and O–H groups in total. The molecule has 0 atom stereocenters. The Balaban J connectivity index is -0.000000101. The van der Waals surface area contributed by atoms with Crippen molar-refractivity contribution in [2.75, 3.05) is 13.2 Å². The van der Waals surface area contributed by atoms with Gasteiger partial charge in [-0.2, -0.15) is 0 Å². The van der Waals surface area contributed by atoms with Gasteiger partial charge in [0.25, 0.3) is 5.97 Å². The zero-order valence-electron chi connectivity index (χ0n) is 6.41. The van der Waals surface area contributed by atoms with Gasteiger partial charge in [0.2, 0.25) is 0 Å². The van der Waals surface area contributed by atoms with E-state index in [9.17, 15) is 0 Å². The topological polar surface area (TPSA) is 78.0 Å². The summed E-state index contributed by atoms with van der Waals surface area (Å²) < 4.78 is 4.94. The Morgan fingerprint density at radius 1 is 1.36 bits per heavy atom. The van der Waals surface area contributed by atoms with Gasteiger partial charge in [0, 0.05) is 36.6 Å². The largest absolute Gasteiger partial charge is 0.481 e. The molecular formula is C6H14NiO4. The Morgan fingerprint density at radius 2 is 1.64 bits per heavy atom. The molecule has 1 rings (SSSR count). The Labute approximate surface area is 76.2 Å². The van der Waals surface area contributed by atoms with Crippen LogP contribution in [0.4, 0.5) is 0 Å². The van der Waals surface area contributed by atoms with E-state index in [0.29, 0.717) is 0 Å². The summed E-state index contributed by atoms with van der Waals surface area (Å²) in [6.45, 7) is 3.08.